The highest BCUT2D eigenvalue weighted by molar-refractivity contribution is 5.79. The minimum Gasteiger partial charge on any atom is -0.353 e. The fraction of sp³-hybridized carbons (Fsp3) is 0.300. The summed E-state index contributed by atoms with van der Waals surface area (Å²) in [5.74, 6) is 1.23. The van der Waals surface area contributed by atoms with E-state index in [0.717, 1.165) is 23.9 Å². The first-order chi connectivity index (χ1) is 13.0. The van der Waals surface area contributed by atoms with Gasteiger partial charge in [0.25, 0.3) is 0 Å². The molecule has 6 nitrogen and oxygen atoms in total. The summed E-state index contributed by atoms with van der Waals surface area (Å²) in [6.45, 7) is 3.07. The summed E-state index contributed by atoms with van der Waals surface area (Å²) in [5.41, 5.74) is 2.54. The van der Waals surface area contributed by atoms with E-state index >= 15 is 0 Å². The molecule has 0 aliphatic rings. The minimum atomic E-state index is -0.275. The molecule has 2 aromatic heterocycles. The van der Waals surface area contributed by atoms with Gasteiger partial charge in [-0.25, -0.2) is 9.37 Å². The van der Waals surface area contributed by atoms with Gasteiger partial charge in [-0.1, -0.05) is 6.07 Å². The summed E-state index contributed by atoms with van der Waals surface area (Å²) < 4.78 is 18.3. The summed E-state index contributed by atoms with van der Waals surface area (Å²) in [6, 6.07) is 9.33. The van der Waals surface area contributed by atoms with Crippen LogP contribution >= 0.6 is 0 Å². The average molecular weight is 368 g/mol. The number of imidazole rings is 1. The zero-order valence-electron chi connectivity index (χ0n) is 16.1. The number of benzene rings is 1. The van der Waals surface area contributed by atoms with Crippen molar-refractivity contribution in [1.82, 2.24) is 24.3 Å². The van der Waals surface area contributed by atoms with Crippen LogP contribution in [0.25, 0.3) is 5.69 Å². The number of aliphatic imine (C=N–C) groups is 1. The van der Waals surface area contributed by atoms with Crippen molar-refractivity contribution in [2.24, 2.45) is 12.0 Å². The molecule has 0 bridgehead atoms. The quantitative estimate of drug-likeness (QED) is 0.557. The lowest BCUT2D eigenvalue weighted by Crippen LogP contribution is -2.38. The van der Waals surface area contributed by atoms with Gasteiger partial charge in [-0.05, 0) is 36.8 Å². The molecule has 0 saturated carbocycles. The maximum absolute atomic E-state index is 14.5. The van der Waals surface area contributed by atoms with E-state index in [1.807, 2.05) is 44.2 Å². The fourth-order valence-electron chi connectivity index (χ4n) is 3.03. The molecule has 1 N–H and O–H groups in total. The zero-order valence-corrected chi connectivity index (χ0v) is 16.1. The molecule has 0 atom stereocenters. The SMILES string of the molecule is CN=C(NCc1ccc(-n2ccnc2C)c(F)c1)N(C)Cc1cccn1C. The van der Waals surface area contributed by atoms with Crippen LogP contribution in [0.2, 0.25) is 0 Å². The van der Waals surface area contributed by atoms with Crippen LogP contribution in [0.1, 0.15) is 17.1 Å². The van der Waals surface area contributed by atoms with E-state index in [0.29, 0.717) is 12.2 Å². The van der Waals surface area contributed by atoms with E-state index in [1.54, 1.807) is 36.1 Å². The first-order valence-corrected chi connectivity index (χ1v) is 8.80. The van der Waals surface area contributed by atoms with Crippen molar-refractivity contribution >= 4 is 5.96 Å². The molecule has 0 radical (unpaired) electrons. The molecule has 0 unspecified atom stereocenters. The summed E-state index contributed by atoms with van der Waals surface area (Å²) in [7, 11) is 5.74. The Bertz CT molecular complexity index is 940. The van der Waals surface area contributed by atoms with Crippen molar-refractivity contribution in [3.05, 3.63) is 71.8 Å². The topological polar surface area (TPSA) is 50.4 Å². The molecule has 27 heavy (non-hydrogen) atoms. The normalized spacial score (nSPS) is 11.7. The summed E-state index contributed by atoms with van der Waals surface area (Å²) in [4.78, 5) is 10.5. The Morgan fingerprint density at radius 1 is 1.30 bits per heavy atom. The zero-order chi connectivity index (χ0) is 19.4. The predicted molar refractivity (Wildman–Crippen MR) is 105 cm³/mol. The Kier molecular flexibility index (Phi) is 5.59. The van der Waals surface area contributed by atoms with E-state index in [4.69, 9.17) is 0 Å². The number of guanidine groups is 1. The average Bonchev–Trinajstić information content (AvgIpc) is 3.24. The molecule has 0 spiro atoms. The third-order valence-electron chi connectivity index (χ3n) is 4.57. The summed E-state index contributed by atoms with van der Waals surface area (Å²) in [5, 5.41) is 3.29. The minimum absolute atomic E-state index is 0.275. The first kappa shape index (κ1) is 18.7. The predicted octanol–water partition coefficient (Wildman–Crippen LogP) is 2.87. The van der Waals surface area contributed by atoms with Crippen LogP contribution in [0.4, 0.5) is 4.39 Å². The van der Waals surface area contributed by atoms with Crippen LogP contribution in [0, 0.1) is 12.7 Å². The van der Waals surface area contributed by atoms with Crippen molar-refractivity contribution in [1.29, 1.82) is 0 Å². The molecule has 0 aliphatic carbocycles. The Hall–Kier alpha value is -3.09. The van der Waals surface area contributed by atoms with Crippen molar-refractivity contribution in [2.75, 3.05) is 14.1 Å². The van der Waals surface area contributed by atoms with Gasteiger partial charge in [-0.3, -0.25) is 4.99 Å². The number of hydrogen-bond acceptors (Lipinski definition) is 2. The van der Waals surface area contributed by atoms with Gasteiger partial charge in [0.05, 0.1) is 12.2 Å². The highest BCUT2D eigenvalue weighted by Gasteiger charge is 2.11. The molecule has 0 amide bonds. The smallest absolute Gasteiger partial charge is 0.194 e. The van der Waals surface area contributed by atoms with Crippen LogP contribution < -0.4 is 5.32 Å². The van der Waals surface area contributed by atoms with Crippen LogP contribution in [0.15, 0.2) is 53.9 Å². The van der Waals surface area contributed by atoms with Gasteiger partial charge >= 0.3 is 0 Å². The number of halogens is 1. The van der Waals surface area contributed by atoms with E-state index in [9.17, 15) is 4.39 Å². The van der Waals surface area contributed by atoms with E-state index in [1.165, 1.54) is 5.69 Å². The maximum atomic E-state index is 14.5. The molecule has 3 aromatic rings. The highest BCUT2D eigenvalue weighted by atomic mass is 19.1. The van der Waals surface area contributed by atoms with Gasteiger partial charge in [0, 0.05) is 52.0 Å². The standard InChI is InChI=1S/C20H25FN6/c1-15-23-9-11-27(15)19-8-7-16(12-18(19)21)13-24-20(22-2)26(4)14-17-6-5-10-25(17)3/h5-12H,13-14H2,1-4H3,(H,22,24). The molecular weight excluding hydrogens is 343 g/mol. The Labute approximate surface area is 159 Å². The third kappa shape index (κ3) is 4.19. The van der Waals surface area contributed by atoms with Crippen LogP contribution in [0.5, 0.6) is 0 Å². The van der Waals surface area contributed by atoms with Crippen LogP contribution in [-0.4, -0.2) is 39.1 Å². The summed E-state index contributed by atoms with van der Waals surface area (Å²) in [6.07, 6.45) is 5.44. The maximum Gasteiger partial charge on any atom is 0.194 e. The molecule has 142 valence electrons. The third-order valence-corrected chi connectivity index (χ3v) is 4.57. The monoisotopic (exact) mass is 368 g/mol. The number of aryl methyl sites for hydroxylation is 2. The van der Waals surface area contributed by atoms with E-state index in [-0.39, 0.29) is 5.82 Å². The largest absolute Gasteiger partial charge is 0.353 e. The lowest BCUT2D eigenvalue weighted by molar-refractivity contribution is 0.461. The van der Waals surface area contributed by atoms with Gasteiger partial charge in [-0.15, -0.1) is 0 Å². The Morgan fingerprint density at radius 3 is 2.70 bits per heavy atom. The van der Waals surface area contributed by atoms with Crippen molar-refractivity contribution in [3.8, 4) is 5.69 Å². The van der Waals surface area contributed by atoms with Crippen molar-refractivity contribution in [2.45, 2.75) is 20.0 Å². The van der Waals surface area contributed by atoms with Gasteiger partial charge in [-0.2, -0.15) is 0 Å². The molecule has 0 saturated heterocycles. The molecule has 3 rings (SSSR count). The molecule has 2 heterocycles. The Balaban J connectivity index is 1.65. The molecule has 7 heteroatoms. The molecule has 0 aliphatic heterocycles. The van der Waals surface area contributed by atoms with Gasteiger partial charge in [0.15, 0.2) is 5.96 Å². The second-order valence-electron chi connectivity index (χ2n) is 6.50. The molecular formula is C20H25FN6. The van der Waals surface area contributed by atoms with Crippen molar-refractivity contribution < 1.29 is 4.39 Å². The highest BCUT2D eigenvalue weighted by Crippen LogP contribution is 2.17. The molecule has 0 fully saturated rings. The lowest BCUT2D eigenvalue weighted by atomic mass is 10.2. The number of nitrogens with zero attached hydrogens (tertiary/aromatic N) is 5. The van der Waals surface area contributed by atoms with Crippen LogP contribution in [0.3, 0.4) is 0 Å². The number of hydrogen-bond donors (Lipinski definition) is 1. The van der Waals surface area contributed by atoms with E-state index < -0.39 is 0 Å². The van der Waals surface area contributed by atoms with E-state index in [2.05, 4.69) is 25.9 Å². The van der Waals surface area contributed by atoms with Gasteiger partial charge in [0.2, 0.25) is 0 Å². The number of aromatic nitrogens is 3. The first-order valence-electron chi connectivity index (χ1n) is 8.80. The van der Waals surface area contributed by atoms with Crippen molar-refractivity contribution in [3.63, 3.8) is 0 Å². The van der Waals surface area contributed by atoms with Crippen LogP contribution in [-0.2, 0) is 20.1 Å². The number of nitrogens with one attached hydrogen (secondary N) is 1. The van der Waals surface area contributed by atoms with Gasteiger partial charge < -0.3 is 19.4 Å². The molecule has 1 aromatic carbocycles. The lowest BCUT2D eigenvalue weighted by Gasteiger charge is -2.22. The fourth-order valence-corrected chi connectivity index (χ4v) is 3.03. The second kappa shape index (κ2) is 8.07. The number of rotatable bonds is 5. The second-order valence-corrected chi connectivity index (χ2v) is 6.50. The summed E-state index contributed by atoms with van der Waals surface area (Å²) >= 11 is 0. The Morgan fingerprint density at radius 2 is 2.11 bits per heavy atom. The van der Waals surface area contributed by atoms with Gasteiger partial charge in [0.1, 0.15) is 11.6 Å².